The zero-order chi connectivity index (χ0) is 20.6. The van der Waals surface area contributed by atoms with Crippen molar-refractivity contribution in [1.29, 1.82) is 0 Å². The van der Waals surface area contributed by atoms with Crippen LogP contribution in [-0.2, 0) is 23.5 Å². The van der Waals surface area contributed by atoms with Crippen molar-refractivity contribution in [3.8, 4) is 0 Å². The van der Waals surface area contributed by atoms with E-state index in [1.807, 2.05) is 33.9 Å². The van der Waals surface area contributed by atoms with Gasteiger partial charge in [0.2, 0.25) is 0 Å². The van der Waals surface area contributed by atoms with Gasteiger partial charge in [-0.1, -0.05) is 25.9 Å². The molecule has 0 bridgehead atoms. The number of hydrogen-bond donors (Lipinski definition) is 0. The van der Waals surface area contributed by atoms with Crippen molar-refractivity contribution in [2.24, 2.45) is 5.11 Å². The van der Waals surface area contributed by atoms with Crippen LogP contribution in [-0.4, -0.2) is 46.8 Å². The normalized spacial score (nSPS) is 28.5. The summed E-state index contributed by atoms with van der Waals surface area (Å²) in [6, 6.07) is -1.18. The van der Waals surface area contributed by atoms with Gasteiger partial charge < -0.3 is 9.16 Å². The molecule has 0 amide bonds. The van der Waals surface area contributed by atoms with Crippen LogP contribution in [0.3, 0.4) is 0 Å². The van der Waals surface area contributed by atoms with Crippen LogP contribution in [0, 0.1) is 0 Å². The topological polar surface area (TPSA) is 111 Å². The van der Waals surface area contributed by atoms with E-state index in [-0.39, 0.29) is 11.5 Å². The van der Waals surface area contributed by atoms with Gasteiger partial charge in [-0.3, -0.25) is 4.18 Å². The Morgan fingerprint density at radius 2 is 1.81 bits per heavy atom. The molecule has 152 valence electrons. The van der Waals surface area contributed by atoms with E-state index in [0.29, 0.717) is 0 Å². The highest BCUT2D eigenvalue weighted by molar-refractivity contribution is 7.87. The molecule has 0 N–H and O–H groups in total. The summed E-state index contributed by atoms with van der Waals surface area (Å²) in [5.74, 6) is 0. The number of halogens is 3. The number of rotatable bonds is 5. The van der Waals surface area contributed by atoms with E-state index < -0.39 is 48.5 Å². The molecule has 26 heavy (non-hydrogen) atoms. The van der Waals surface area contributed by atoms with Gasteiger partial charge in [-0.25, -0.2) is 0 Å². The fraction of sp³-hybridized carbons (Fsp3) is 1.00. The van der Waals surface area contributed by atoms with Gasteiger partial charge in [0.15, 0.2) is 8.32 Å². The largest absolute Gasteiger partial charge is 0.523 e. The molecule has 4 atom stereocenters. The molecule has 1 rings (SSSR count). The van der Waals surface area contributed by atoms with Crippen molar-refractivity contribution in [3.63, 3.8) is 0 Å². The van der Waals surface area contributed by atoms with E-state index in [0.717, 1.165) is 0 Å². The summed E-state index contributed by atoms with van der Waals surface area (Å²) in [6.45, 7) is 11.3. The smallest absolute Gasteiger partial charge is 0.392 e. The number of ether oxygens (including phenoxy) is 1. The first-order valence-electron chi connectivity index (χ1n) is 7.89. The first-order valence-corrected chi connectivity index (χ1v) is 12.2. The van der Waals surface area contributed by atoms with Crippen LogP contribution in [0.5, 0.6) is 0 Å². The van der Waals surface area contributed by atoms with Crippen LogP contribution in [0.1, 0.15) is 34.1 Å². The maximum atomic E-state index is 12.6. The van der Waals surface area contributed by atoms with E-state index in [9.17, 15) is 21.6 Å². The molecule has 13 heteroatoms. The van der Waals surface area contributed by atoms with Gasteiger partial charge in [-0.2, -0.15) is 21.6 Å². The van der Waals surface area contributed by atoms with Gasteiger partial charge in [-0.15, -0.1) is 0 Å². The summed E-state index contributed by atoms with van der Waals surface area (Å²) in [4.78, 5) is 2.59. The monoisotopic (exact) mass is 419 g/mol. The van der Waals surface area contributed by atoms with Crippen LogP contribution < -0.4 is 0 Å². The highest BCUT2D eigenvalue weighted by atomic mass is 32.2. The Kier molecular flexibility index (Phi) is 6.81. The van der Waals surface area contributed by atoms with E-state index >= 15 is 0 Å². The minimum Gasteiger partial charge on any atom is -0.392 e. The Labute approximate surface area is 151 Å². The predicted octanol–water partition coefficient (Wildman–Crippen LogP) is 4.06. The highest BCUT2D eigenvalue weighted by Gasteiger charge is 2.52. The Morgan fingerprint density at radius 1 is 1.27 bits per heavy atom. The highest BCUT2D eigenvalue weighted by Crippen LogP contribution is 2.40. The average molecular weight is 419 g/mol. The Morgan fingerprint density at radius 3 is 2.23 bits per heavy atom. The molecule has 0 aliphatic carbocycles. The third-order valence-corrected chi connectivity index (χ3v) is 10.1. The Balaban J connectivity index is 3.03. The zero-order valence-corrected chi connectivity index (χ0v) is 17.3. The van der Waals surface area contributed by atoms with Crippen molar-refractivity contribution in [2.75, 3.05) is 0 Å². The van der Waals surface area contributed by atoms with E-state index in [4.69, 9.17) is 14.7 Å². The standard InChI is InChI=1S/C13H24F3N3O5SSi/c1-8-11(23-25(20,21)13(14,15)16)9(18-19-17)7-10(22-8)24-26(5,6)12(2,3)4/h8-11H,7H2,1-6H3/t8-,9-,10+,11-/m0/s1. The molecule has 1 aliphatic rings. The summed E-state index contributed by atoms with van der Waals surface area (Å²) in [5.41, 5.74) is 3.11. The van der Waals surface area contributed by atoms with Gasteiger partial charge in [0.1, 0.15) is 12.4 Å². The lowest BCUT2D eigenvalue weighted by atomic mass is 10.0. The molecule has 0 saturated carbocycles. The molecule has 0 unspecified atom stereocenters. The molecule has 0 aromatic heterocycles. The maximum Gasteiger partial charge on any atom is 0.523 e. The third-order valence-electron chi connectivity index (χ3n) is 4.60. The van der Waals surface area contributed by atoms with Gasteiger partial charge in [0.25, 0.3) is 0 Å². The summed E-state index contributed by atoms with van der Waals surface area (Å²) >= 11 is 0. The number of azide groups is 1. The second-order valence-electron chi connectivity index (χ2n) is 7.62. The van der Waals surface area contributed by atoms with Gasteiger partial charge in [0.05, 0.1) is 12.1 Å². The summed E-state index contributed by atoms with van der Waals surface area (Å²) in [7, 11) is -8.12. The van der Waals surface area contributed by atoms with Crippen LogP contribution in [0.15, 0.2) is 5.11 Å². The molecule has 0 aromatic carbocycles. The molecule has 1 saturated heterocycles. The fourth-order valence-electron chi connectivity index (χ4n) is 2.12. The quantitative estimate of drug-likeness (QED) is 0.167. The first-order chi connectivity index (χ1) is 11.5. The molecule has 0 spiro atoms. The molecular weight excluding hydrogens is 395 g/mol. The van der Waals surface area contributed by atoms with E-state index in [1.54, 1.807) is 0 Å². The van der Waals surface area contributed by atoms with Crippen molar-refractivity contribution in [3.05, 3.63) is 10.4 Å². The Bertz CT molecular complexity index is 659. The van der Waals surface area contributed by atoms with Crippen LogP contribution in [0.4, 0.5) is 13.2 Å². The van der Waals surface area contributed by atoms with E-state index in [1.165, 1.54) is 6.92 Å². The van der Waals surface area contributed by atoms with Crippen molar-refractivity contribution in [1.82, 2.24) is 0 Å². The maximum absolute atomic E-state index is 12.6. The van der Waals surface area contributed by atoms with Gasteiger partial charge in [0, 0.05) is 11.3 Å². The summed E-state index contributed by atoms with van der Waals surface area (Å²) < 4.78 is 76.2. The van der Waals surface area contributed by atoms with Crippen LogP contribution in [0.25, 0.3) is 10.4 Å². The molecule has 1 fully saturated rings. The third kappa shape index (κ3) is 5.33. The lowest BCUT2D eigenvalue weighted by molar-refractivity contribution is -0.187. The Hall–Kier alpha value is -0.853. The van der Waals surface area contributed by atoms with Crippen molar-refractivity contribution < 1.29 is 34.9 Å². The predicted molar refractivity (Wildman–Crippen MR) is 90.0 cm³/mol. The first kappa shape index (κ1) is 23.2. The van der Waals surface area contributed by atoms with Crippen molar-refractivity contribution >= 4 is 18.4 Å². The van der Waals surface area contributed by atoms with Gasteiger partial charge in [-0.05, 0) is 30.6 Å². The molecule has 1 heterocycles. The fourth-order valence-corrected chi connectivity index (χ4v) is 3.97. The zero-order valence-electron chi connectivity index (χ0n) is 15.4. The summed E-state index contributed by atoms with van der Waals surface area (Å²) in [6.07, 6.45) is -3.64. The van der Waals surface area contributed by atoms with Crippen molar-refractivity contribution in [2.45, 2.75) is 82.3 Å². The molecule has 1 aliphatic heterocycles. The molecule has 0 radical (unpaired) electrons. The summed E-state index contributed by atoms with van der Waals surface area (Å²) in [5, 5.41) is 3.25. The van der Waals surface area contributed by atoms with E-state index in [2.05, 4.69) is 14.2 Å². The lowest BCUT2D eigenvalue weighted by Gasteiger charge is -2.44. The van der Waals surface area contributed by atoms with Crippen LogP contribution >= 0.6 is 0 Å². The second kappa shape index (κ2) is 7.64. The SMILES string of the molecule is C[C@@H]1O[C@H](O[Si](C)(C)C(C)(C)C)C[C@H](N=[N+]=[N-])[C@H]1OS(=O)(=O)C(F)(F)F. The lowest BCUT2D eigenvalue weighted by Crippen LogP contribution is -2.53. The minimum atomic E-state index is -5.85. The minimum absolute atomic E-state index is 0.112. The average Bonchev–Trinajstić information content (AvgIpc) is 2.40. The second-order valence-corrected chi connectivity index (χ2v) is 13.9. The molecular formula is C13H24F3N3O5SSi. The van der Waals surface area contributed by atoms with Crippen LogP contribution in [0.2, 0.25) is 18.1 Å². The molecule has 0 aromatic rings. The number of nitrogens with zero attached hydrogens (tertiary/aromatic N) is 3. The molecule has 8 nitrogen and oxygen atoms in total. The number of hydrogen-bond acceptors (Lipinski definition) is 6. The number of alkyl halides is 3. The van der Waals surface area contributed by atoms with Gasteiger partial charge >= 0.3 is 15.6 Å².